The number of nitrogen functional groups attached to an aromatic ring is 1. The molecular weight excluding hydrogens is 454 g/mol. The van der Waals surface area contributed by atoms with E-state index in [0.29, 0.717) is 29.8 Å². The predicted molar refractivity (Wildman–Crippen MR) is 137 cm³/mol. The lowest BCUT2D eigenvalue weighted by Gasteiger charge is -2.26. The molecule has 182 valence electrons. The summed E-state index contributed by atoms with van der Waals surface area (Å²) in [5, 5.41) is 12.1. The number of anilines is 1. The van der Waals surface area contributed by atoms with E-state index in [4.69, 9.17) is 15.5 Å². The number of nitrogens with zero attached hydrogens (tertiary/aromatic N) is 2. The number of hydrogen-bond acceptors (Lipinski definition) is 7. The Morgan fingerprint density at radius 1 is 1.29 bits per heavy atom. The standard InChI is InChI=1S/C25H31N3O5S/c1-5-25(31,14-29)20-18(13-33-2)24(30)28-12-17-15(10-11-34(3,4)32)16-8-6-7-9-19(16)27-22(17)23(28)21(20)26/h6-9,14,31-32H,5,10-13,26H2,1-4H3/t25-/m1/s1. The van der Waals surface area contributed by atoms with Crippen LogP contribution in [0.3, 0.4) is 0 Å². The summed E-state index contributed by atoms with van der Waals surface area (Å²) in [6.07, 6.45) is 4.80. The number of aryl methyl sites for hydroxylation is 1. The molecule has 0 fully saturated rings. The monoisotopic (exact) mass is 485 g/mol. The van der Waals surface area contributed by atoms with Crippen LogP contribution in [0.25, 0.3) is 22.3 Å². The molecule has 1 aromatic carbocycles. The Bertz CT molecular complexity index is 1350. The summed E-state index contributed by atoms with van der Waals surface area (Å²) in [6.45, 7) is 1.84. The summed E-state index contributed by atoms with van der Waals surface area (Å²) in [4.78, 5) is 30.4. The van der Waals surface area contributed by atoms with Crippen LogP contribution in [-0.2, 0) is 34.7 Å². The van der Waals surface area contributed by atoms with E-state index in [9.17, 15) is 19.2 Å². The molecule has 0 saturated carbocycles. The molecule has 0 bridgehead atoms. The molecule has 2 aromatic heterocycles. The number of para-hydroxylation sites is 1. The van der Waals surface area contributed by atoms with Gasteiger partial charge in [0.05, 0.1) is 41.3 Å². The summed E-state index contributed by atoms with van der Waals surface area (Å²) in [5.74, 6) is 0.606. The first kappa shape index (κ1) is 24.4. The fourth-order valence-electron chi connectivity index (χ4n) is 4.78. The minimum Gasteiger partial charge on any atom is -0.397 e. The minimum atomic E-state index is -1.92. The normalized spacial score (nSPS) is 15.1. The van der Waals surface area contributed by atoms with E-state index in [1.54, 1.807) is 11.5 Å². The largest absolute Gasteiger partial charge is 0.397 e. The molecule has 0 radical (unpaired) electrons. The second-order valence-corrected chi connectivity index (χ2v) is 12.6. The molecular formula is C25H31N3O5S. The number of pyridine rings is 2. The average Bonchev–Trinajstić information content (AvgIpc) is 3.19. The van der Waals surface area contributed by atoms with Crippen molar-refractivity contribution in [3.05, 3.63) is 56.9 Å². The molecule has 0 aliphatic carbocycles. The quantitative estimate of drug-likeness (QED) is 0.327. The lowest BCUT2D eigenvalue weighted by molar-refractivity contribution is -0.125. The topological polar surface area (TPSA) is 128 Å². The van der Waals surface area contributed by atoms with Crippen LogP contribution in [0, 0.1) is 0 Å². The zero-order valence-electron chi connectivity index (χ0n) is 19.9. The molecule has 34 heavy (non-hydrogen) atoms. The smallest absolute Gasteiger partial charge is 0.257 e. The van der Waals surface area contributed by atoms with E-state index in [1.807, 2.05) is 36.8 Å². The van der Waals surface area contributed by atoms with Crippen LogP contribution < -0.4 is 11.3 Å². The molecule has 1 atom stereocenters. The van der Waals surface area contributed by atoms with Crippen molar-refractivity contribution in [2.75, 3.05) is 31.1 Å². The van der Waals surface area contributed by atoms with Gasteiger partial charge in [0.1, 0.15) is 5.60 Å². The first-order valence-corrected chi connectivity index (χ1v) is 13.7. The molecule has 4 rings (SSSR count). The van der Waals surface area contributed by atoms with Crippen LogP contribution in [0.2, 0.25) is 0 Å². The maximum absolute atomic E-state index is 13.6. The highest BCUT2D eigenvalue weighted by Gasteiger charge is 2.38. The highest BCUT2D eigenvalue weighted by atomic mass is 32.3. The van der Waals surface area contributed by atoms with Crippen molar-refractivity contribution in [1.82, 2.24) is 9.55 Å². The van der Waals surface area contributed by atoms with E-state index >= 15 is 0 Å². The number of fused-ring (bicyclic) bond motifs is 4. The van der Waals surface area contributed by atoms with E-state index in [-0.39, 0.29) is 41.9 Å². The highest BCUT2D eigenvalue weighted by Crippen LogP contribution is 2.44. The van der Waals surface area contributed by atoms with Crippen molar-refractivity contribution >= 4 is 33.2 Å². The maximum atomic E-state index is 13.6. The SMILES string of the molecule is CC[C@@](O)(C=O)c1c(N)c2n(c(=O)c1COC)Cc1c-2nc2ccccc2c1CCS(C)(C)O. The molecule has 3 aromatic rings. The highest BCUT2D eigenvalue weighted by molar-refractivity contribution is 8.28. The van der Waals surface area contributed by atoms with Crippen LogP contribution in [0.15, 0.2) is 29.1 Å². The number of hydrogen-bond donors (Lipinski definition) is 3. The first-order chi connectivity index (χ1) is 16.1. The van der Waals surface area contributed by atoms with E-state index in [2.05, 4.69) is 0 Å². The molecule has 0 spiro atoms. The fourth-order valence-corrected chi connectivity index (χ4v) is 5.48. The van der Waals surface area contributed by atoms with Gasteiger partial charge >= 0.3 is 0 Å². The van der Waals surface area contributed by atoms with Crippen molar-refractivity contribution in [2.45, 2.75) is 38.5 Å². The Balaban J connectivity index is 2.06. The van der Waals surface area contributed by atoms with E-state index in [1.165, 1.54) is 7.11 Å². The Labute approximate surface area is 199 Å². The minimum absolute atomic E-state index is 0.0535. The second-order valence-electron chi connectivity index (χ2n) is 9.20. The molecule has 3 heterocycles. The summed E-state index contributed by atoms with van der Waals surface area (Å²) in [7, 11) is -0.293. The van der Waals surface area contributed by atoms with Crippen LogP contribution in [0.5, 0.6) is 0 Å². The third-order valence-electron chi connectivity index (χ3n) is 6.56. The van der Waals surface area contributed by atoms with Gasteiger partial charge in [-0.05, 0) is 37.0 Å². The molecule has 8 nitrogen and oxygen atoms in total. The number of aldehydes is 1. The number of ether oxygens (including phenoxy) is 1. The van der Waals surface area contributed by atoms with E-state index < -0.39 is 15.9 Å². The Morgan fingerprint density at radius 2 is 2.00 bits per heavy atom. The fraction of sp³-hybridized carbons (Fsp3) is 0.400. The van der Waals surface area contributed by atoms with Crippen molar-refractivity contribution in [2.24, 2.45) is 0 Å². The van der Waals surface area contributed by atoms with Gasteiger partial charge in [0.2, 0.25) is 0 Å². The van der Waals surface area contributed by atoms with Crippen molar-refractivity contribution in [3.63, 3.8) is 0 Å². The second kappa shape index (κ2) is 8.81. The maximum Gasteiger partial charge on any atom is 0.257 e. The number of rotatable bonds is 8. The van der Waals surface area contributed by atoms with Crippen LogP contribution in [0.4, 0.5) is 5.69 Å². The zero-order chi connectivity index (χ0) is 24.8. The summed E-state index contributed by atoms with van der Waals surface area (Å²) in [6, 6.07) is 7.74. The predicted octanol–water partition coefficient (Wildman–Crippen LogP) is 3.03. The van der Waals surface area contributed by atoms with Crippen LogP contribution >= 0.6 is 10.3 Å². The number of benzene rings is 1. The van der Waals surface area contributed by atoms with Gasteiger partial charge in [-0.3, -0.25) is 9.59 Å². The summed E-state index contributed by atoms with van der Waals surface area (Å²) in [5.41, 5.74) is 8.38. The number of aromatic nitrogens is 2. The number of aliphatic hydroxyl groups is 1. The number of carbonyl (C=O) groups is 1. The molecule has 0 amide bonds. The van der Waals surface area contributed by atoms with Crippen LogP contribution in [-0.4, -0.2) is 50.9 Å². The Morgan fingerprint density at radius 3 is 2.62 bits per heavy atom. The van der Waals surface area contributed by atoms with Gasteiger partial charge in [0, 0.05) is 29.4 Å². The third-order valence-corrected chi connectivity index (χ3v) is 7.76. The van der Waals surface area contributed by atoms with Crippen molar-refractivity contribution < 1.29 is 19.2 Å². The van der Waals surface area contributed by atoms with E-state index in [0.717, 1.165) is 22.0 Å². The molecule has 1 aliphatic rings. The number of nitrogens with two attached hydrogens (primary N) is 1. The summed E-state index contributed by atoms with van der Waals surface area (Å²) >= 11 is 0. The zero-order valence-corrected chi connectivity index (χ0v) is 20.7. The number of methoxy groups -OCH3 is 1. The average molecular weight is 486 g/mol. The molecule has 0 saturated heterocycles. The van der Waals surface area contributed by atoms with Gasteiger partial charge in [-0.1, -0.05) is 25.1 Å². The van der Waals surface area contributed by atoms with Gasteiger partial charge in [0.15, 0.2) is 6.29 Å². The van der Waals surface area contributed by atoms with Gasteiger partial charge < -0.3 is 24.7 Å². The summed E-state index contributed by atoms with van der Waals surface area (Å²) < 4.78 is 17.3. The first-order valence-electron chi connectivity index (χ1n) is 11.1. The molecule has 9 heteroatoms. The van der Waals surface area contributed by atoms with Gasteiger partial charge in [-0.15, -0.1) is 10.3 Å². The van der Waals surface area contributed by atoms with Gasteiger partial charge in [-0.2, -0.15) is 0 Å². The third kappa shape index (κ3) is 3.92. The Hall–Kier alpha value is -2.72. The molecule has 4 N–H and O–H groups in total. The van der Waals surface area contributed by atoms with Crippen molar-refractivity contribution in [3.8, 4) is 11.4 Å². The molecule has 1 aliphatic heterocycles. The Kier molecular flexibility index (Phi) is 6.32. The van der Waals surface area contributed by atoms with Gasteiger partial charge in [0.25, 0.3) is 5.56 Å². The van der Waals surface area contributed by atoms with Crippen molar-refractivity contribution in [1.29, 1.82) is 0 Å². The molecule has 0 unspecified atom stereocenters. The lowest BCUT2D eigenvalue weighted by atomic mass is 9.87. The van der Waals surface area contributed by atoms with Gasteiger partial charge in [-0.25, -0.2) is 4.98 Å². The lowest BCUT2D eigenvalue weighted by Crippen LogP contribution is -2.36. The number of carbonyl (C=O) groups excluding carboxylic acids is 1. The van der Waals surface area contributed by atoms with Crippen LogP contribution in [0.1, 0.15) is 35.6 Å².